The standard InChI is InChI=1S/C14H11F2N3O2S/c15-10-2-1-8(5-11(10)16)13(21)19-6-9(7-19)12(20)18-14-17-3-4-22-14/h1-5,9H,6-7H2,(H,17,18,20). The zero-order valence-electron chi connectivity index (χ0n) is 11.3. The van der Waals surface area contributed by atoms with Gasteiger partial charge in [-0.3, -0.25) is 9.59 Å². The van der Waals surface area contributed by atoms with Gasteiger partial charge in [-0.2, -0.15) is 0 Å². The Morgan fingerprint density at radius 2 is 2.05 bits per heavy atom. The molecule has 1 aliphatic heterocycles. The van der Waals surface area contributed by atoms with Crippen molar-refractivity contribution in [3.05, 3.63) is 47.0 Å². The third-order valence-electron chi connectivity index (χ3n) is 3.37. The molecule has 0 radical (unpaired) electrons. The molecule has 2 amide bonds. The van der Waals surface area contributed by atoms with Crippen molar-refractivity contribution in [2.45, 2.75) is 0 Å². The Labute approximate surface area is 128 Å². The lowest BCUT2D eigenvalue weighted by atomic mass is 9.98. The van der Waals surface area contributed by atoms with Crippen LogP contribution in [0.5, 0.6) is 0 Å². The van der Waals surface area contributed by atoms with Crippen molar-refractivity contribution in [3.63, 3.8) is 0 Å². The van der Waals surface area contributed by atoms with E-state index in [2.05, 4.69) is 10.3 Å². The maximum atomic E-state index is 13.1. The first-order valence-electron chi connectivity index (χ1n) is 6.49. The van der Waals surface area contributed by atoms with E-state index < -0.39 is 17.5 Å². The SMILES string of the molecule is O=C(Nc1nccs1)C1CN(C(=O)c2ccc(F)c(F)c2)C1. The molecule has 0 bridgehead atoms. The summed E-state index contributed by atoms with van der Waals surface area (Å²) in [5, 5.41) is 4.92. The number of nitrogens with one attached hydrogen (secondary N) is 1. The molecule has 0 saturated carbocycles. The van der Waals surface area contributed by atoms with Gasteiger partial charge in [-0.1, -0.05) is 0 Å². The lowest BCUT2D eigenvalue weighted by Crippen LogP contribution is -2.54. The molecule has 1 N–H and O–H groups in total. The van der Waals surface area contributed by atoms with Gasteiger partial charge in [0.25, 0.3) is 5.91 Å². The summed E-state index contributed by atoms with van der Waals surface area (Å²) in [6.45, 7) is 0.490. The lowest BCUT2D eigenvalue weighted by molar-refractivity contribution is -0.123. The minimum absolute atomic E-state index is 0.0673. The van der Waals surface area contributed by atoms with Crippen molar-refractivity contribution in [1.82, 2.24) is 9.88 Å². The van der Waals surface area contributed by atoms with Gasteiger partial charge < -0.3 is 10.2 Å². The van der Waals surface area contributed by atoms with Crippen molar-refractivity contribution in [1.29, 1.82) is 0 Å². The number of carbonyl (C=O) groups excluding carboxylic acids is 2. The highest BCUT2D eigenvalue weighted by molar-refractivity contribution is 7.13. The first kappa shape index (κ1) is 14.6. The Morgan fingerprint density at radius 1 is 1.27 bits per heavy atom. The number of aromatic nitrogens is 1. The molecule has 2 heterocycles. The molecule has 114 valence electrons. The highest BCUT2D eigenvalue weighted by atomic mass is 32.1. The van der Waals surface area contributed by atoms with Crippen molar-refractivity contribution < 1.29 is 18.4 Å². The van der Waals surface area contributed by atoms with Gasteiger partial charge in [-0.25, -0.2) is 13.8 Å². The van der Waals surface area contributed by atoms with Crippen LogP contribution in [0, 0.1) is 17.6 Å². The van der Waals surface area contributed by atoms with Crippen LogP contribution in [0.3, 0.4) is 0 Å². The predicted molar refractivity (Wildman–Crippen MR) is 76.5 cm³/mol. The fourth-order valence-corrected chi connectivity index (χ4v) is 2.65. The van der Waals surface area contributed by atoms with Gasteiger partial charge in [0, 0.05) is 30.2 Å². The molecule has 1 fully saturated rings. The van der Waals surface area contributed by atoms with E-state index >= 15 is 0 Å². The number of carbonyl (C=O) groups is 2. The average molecular weight is 323 g/mol. The number of hydrogen-bond acceptors (Lipinski definition) is 4. The molecule has 0 unspecified atom stereocenters. The predicted octanol–water partition coefficient (Wildman–Crippen LogP) is 2.13. The van der Waals surface area contributed by atoms with E-state index in [1.165, 1.54) is 22.3 Å². The van der Waals surface area contributed by atoms with Crippen molar-refractivity contribution in [2.75, 3.05) is 18.4 Å². The van der Waals surface area contributed by atoms with Gasteiger partial charge in [0.05, 0.1) is 5.92 Å². The van der Waals surface area contributed by atoms with E-state index in [4.69, 9.17) is 0 Å². The Kier molecular flexibility index (Phi) is 3.84. The minimum atomic E-state index is -1.07. The molecule has 0 aliphatic carbocycles. The average Bonchev–Trinajstić information content (AvgIpc) is 2.92. The summed E-state index contributed by atoms with van der Waals surface area (Å²) in [6, 6.07) is 3.00. The second-order valence-electron chi connectivity index (χ2n) is 4.86. The summed E-state index contributed by atoms with van der Waals surface area (Å²) in [6.07, 6.45) is 1.58. The van der Waals surface area contributed by atoms with Crippen LogP contribution in [-0.4, -0.2) is 34.8 Å². The molecule has 22 heavy (non-hydrogen) atoms. The molecule has 1 aliphatic rings. The van der Waals surface area contributed by atoms with E-state index in [0.717, 1.165) is 12.1 Å². The van der Waals surface area contributed by atoms with Gasteiger partial charge in [-0.15, -0.1) is 11.3 Å². The van der Waals surface area contributed by atoms with E-state index in [1.807, 2.05) is 0 Å². The zero-order chi connectivity index (χ0) is 15.7. The third kappa shape index (κ3) is 2.82. The fourth-order valence-electron chi connectivity index (χ4n) is 2.11. The van der Waals surface area contributed by atoms with Crippen LogP contribution in [-0.2, 0) is 4.79 Å². The van der Waals surface area contributed by atoms with Crippen LogP contribution in [0.15, 0.2) is 29.8 Å². The quantitative estimate of drug-likeness (QED) is 0.941. The van der Waals surface area contributed by atoms with Crippen molar-refractivity contribution in [3.8, 4) is 0 Å². The topological polar surface area (TPSA) is 62.3 Å². The highest BCUT2D eigenvalue weighted by Gasteiger charge is 2.36. The lowest BCUT2D eigenvalue weighted by Gasteiger charge is -2.38. The van der Waals surface area contributed by atoms with Crippen LogP contribution in [0.25, 0.3) is 0 Å². The number of anilines is 1. The second-order valence-corrected chi connectivity index (χ2v) is 5.76. The molecule has 1 aromatic carbocycles. The Bertz CT molecular complexity index is 715. The summed E-state index contributed by atoms with van der Waals surface area (Å²) in [5.41, 5.74) is 0.0673. The smallest absolute Gasteiger partial charge is 0.254 e. The molecule has 2 aromatic rings. The van der Waals surface area contributed by atoms with Crippen LogP contribution >= 0.6 is 11.3 Å². The number of likely N-dealkylation sites (tertiary alicyclic amines) is 1. The summed E-state index contributed by atoms with van der Waals surface area (Å²) in [5.74, 6) is -3.01. The monoisotopic (exact) mass is 323 g/mol. The Hall–Kier alpha value is -2.35. The van der Waals surface area contributed by atoms with Crippen molar-refractivity contribution >= 4 is 28.3 Å². The van der Waals surface area contributed by atoms with E-state index in [0.29, 0.717) is 5.13 Å². The van der Waals surface area contributed by atoms with Crippen LogP contribution in [0.1, 0.15) is 10.4 Å². The van der Waals surface area contributed by atoms with Gasteiger partial charge in [-0.05, 0) is 18.2 Å². The largest absolute Gasteiger partial charge is 0.337 e. The molecule has 8 heteroatoms. The number of hydrogen-bond donors (Lipinski definition) is 1. The molecule has 1 saturated heterocycles. The first-order chi connectivity index (χ1) is 10.5. The number of halogens is 2. The number of benzene rings is 1. The normalized spacial score (nSPS) is 14.5. The Balaban J connectivity index is 1.57. The first-order valence-corrected chi connectivity index (χ1v) is 7.37. The maximum absolute atomic E-state index is 13.1. The molecule has 5 nitrogen and oxygen atoms in total. The molecule has 0 spiro atoms. The van der Waals surface area contributed by atoms with E-state index in [-0.39, 0.29) is 30.5 Å². The van der Waals surface area contributed by atoms with Crippen LogP contribution < -0.4 is 5.32 Å². The van der Waals surface area contributed by atoms with Gasteiger partial charge >= 0.3 is 0 Å². The molecule has 0 atom stereocenters. The Morgan fingerprint density at radius 3 is 2.68 bits per heavy atom. The summed E-state index contributed by atoms with van der Waals surface area (Å²) in [4.78, 5) is 29.3. The summed E-state index contributed by atoms with van der Waals surface area (Å²) < 4.78 is 26.0. The summed E-state index contributed by atoms with van der Waals surface area (Å²) in [7, 11) is 0. The molecular formula is C14H11F2N3O2S. The highest BCUT2D eigenvalue weighted by Crippen LogP contribution is 2.22. The third-order valence-corrected chi connectivity index (χ3v) is 4.06. The van der Waals surface area contributed by atoms with Crippen molar-refractivity contribution in [2.24, 2.45) is 5.92 Å². The molecular weight excluding hydrogens is 312 g/mol. The number of amides is 2. The van der Waals surface area contributed by atoms with Gasteiger partial charge in [0.1, 0.15) is 0 Å². The van der Waals surface area contributed by atoms with E-state index in [9.17, 15) is 18.4 Å². The van der Waals surface area contributed by atoms with Crippen LogP contribution in [0.2, 0.25) is 0 Å². The number of nitrogens with zero attached hydrogens (tertiary/aromatic N) is 2. The summed E-state index contributed by atoms with van der Waals surface area (Å²) >= 11 is 1.31. The van der Waals surface area contributed by atoms with Gasteiger partial charge in [0.2, 0.25) is 5.91 Å². The van der Waals surface area contributed by atoms with Gasteiger partial charge in [0.15, 0.2) is 16.8 Å². The molecule has 3 rings (SSSR count). The number of thiazole rings is 1. The second kappa shape index (κ2) is 5.80. The maximum Gasteiger partial charge on any atom is 0.254 e. The fraction of sp³-hybridized carbons (Fsp3) is 0.214. The molecule has 1 aromatic heterocycles. The van der Waals surface area contributed by atoms with Crippen LogP contribution in [0.4, 0.5) is 13.9 Å². The minimum Gasteiger partial charge on any atom is -0.337 e. The van der Waals surface area contributed by atoms with E-state index in [1.54, 1.807) is 11.6 Å². The zero-order valence-corrected chi connectivity index (χ0v) is 12.1. The number of rotatable bonds is 3.